The Bertz CT molecular complexity index is 352. The van der Waals surface area contributed by atoms with Crippen LogP contribution in [0.2, 0.25) is 0 Å². The van der Waals surface area contributed by atoms with E-state index in [-0.39, 0.29) is 6.03 Å². The zero-order chi connectivity index (χ0) is 10.7. The van der Waals surface area contributed by atoms with Crippen LogP contribution in [0.1, 0.15) is 5.56 Å². The molecule has 0 unspecified atom stereocenters. The fourth-order valence-electron chi connectivity index (χ4n) is 0.884. The van der Waals surface area contributed by atoms with Gasteiger partial charge in [-0.15, -0.1) is 0 Å². The molecule has 0 aliphatic carbocycles. The minimum absolute atomic E-state index is 0.178. The molecule has 0 bridgehead atoms. The Balaban J connectivity index is 2.82. The molecular formula is C9H12BrN3O. The van der Waals surface area contributed by atoms with Crippen molar-refractivity contribution in [2.24, 2.45) is 0 Å². The van der Waals surface area contributed by atoms with Crippen LogP contribution in [0.3, 0.4) is 0 Å². The first-order chi connectivity index (χ1) is 6.50. The summed E-state index contributed by atoms with van der Waals surface area (Å²) in [6.45, 7) is 1.89. The molecule has 5 heteroatoms. The number of rotatable bonds is 1. The summed E-state index contributed by atoms with van der Waals surface area (Å²) >= 11 is 3.31. The van der Waals surface area contributed by atoms with Gasteiger partial charge < -0.3 is 4.90 Å². The maximum Gasteiger partial charge on any atom is 0.322 e. The van der Waals surface area contributed by atoms with Crippen LogP contribution < -0.4 is 5.32 Å². The molecule has 14 heavy (non-hydrogen) atoms. The van der Waals surface area contributed by atoms with E-state index in [9.17, 15) is 4.79 Å². The van der Waals surface area contributed by atoms with Crippen molar-refractivity contribution >= 4 is 27.8 Å². The molecule has 1 N–H and O–H groups in total. The van der Waals surface area contributed by atoms with Gasteiger partial charge in [0.05, 0.1) is 0 Å². The Labute approximate surface area is 91.4 Å². The molecule has 0 aliphatic heterocycles. The summed E-state index contributed by atoms with van der Waals surface area (Å²) in [5, 5.41) is 2.69. The van der Waals surface area contributed by atoms with E-state index < -0.39 is 0 Å². The van der Waals surface area contributed by atoms with Crippen molar-refractivity contribution in [1.29, 1.82) is 0 Å². The van der Waals surface area contributed by atoms with Crippen molar-refractivity contribution < 1.29 is 4.79 Å². The summed E-state index contributed by atoms with van der Waals surface area (Å²) in [6.07, 6.45) is 1.65. The van der Waals surface area contributed by atoms with Gasteiger partial charge in [-0.2, -0.15) is 0 Å². The number of halogens is 1. The highest BCUT2D eigenvalue weighted by molar-refractivity contribution is 9.10. The molecule has 4 nitrogen and oxygen atoms in total. The number of hydrogen-bond acceptors (Lipinski definition) is 2. The second kappa shape index (κ2) is 4.41. The minimum atomic E-state index is -0.178. The Hall–Kier alpha value is -1.10. The lowest BCUT2D eigenvalue weighted by Crippen LogP contribution is -2.28. The van der Waals surface area contributed by atoms with Crippen LogP contribution in [0.15, 0.2) is 16.7 Å². The number of urea groups is 1. The molecule has 2 amide bonds. The third-order valence-electron chi connectivity index (χ3n) is 1.68. The van der Waals surface area contributed by atoms with Crippen LogP contribution >= 0.6 is 15.9 Å². The zero-order valence-electron chi connectivity index (χ0n) is 8.34. The number of aryl methyl sites for hydroxylation is 1. The van der Waals surface area contributed by atoms with Gasteiger partial charge >= 0.3 is 6.03 Å². The van der Waals surface area contributed by atoms with E-state index in [2.05, 4.69) is 26.2 Å². The maximum absolute atomic E-state index is 11.3. The molecule has 0 aromatic carbocycles. The average Bonchev–Trinajstić information content (AvgIpc) is 2.09. The van der Waals surface area contributed by atoms with Crippen LogP contribution in [-0.4, -0.2) is 30.0 Å². The van der Waals surface area contributed by atoms with E-state index in [0.29, 0.717) is 5.82 Å². The smallest absolute Gasteiger partial charge is 0.322 e. The molecule has 1 heterocycles. The quantitative estimate of drug-likeness (QED) is 0.839. The molecule has 1 rings (SSSR count). The van der Waals surface area contributed by atoms with Crippen LogP contribution in [0.5, 0.6) is 0 Å². The van der Waals surface area contributed by atoms with E-state index >= 15 is 0 Å². The second-order valence-electron chi connectivity index (χ2n) is 3.14. The number of hydrogen-bond donors (Lipinski definition) is 1. The van der Waals surface area contributed by atoms with Crippen molar-refractivity contribution in [2.75, 3.05) is 19.4 Å². The first-order valence-corrected chi connectivity index (χ1v) is 4.90. The number of carbonyl (C=O) groups is 1. The van der Waals surface area contributed by atoms with Crippen molar-refractivity contribution in [3.63, 3.8) is 0 Å². The SMILES string of the molecule is Cc1cc(Br)cnc1NC(=O)N(C)C. The molecule has 0 fully saturated rings. The fraction of sp³-hybridized carbons (Fsp3) is 0.333. The highest BCUT2D eigenvalue weighted by atomic mass is 79.9. The standard InChI is InChI=1S/C9H12BrN3O/c1-6-4-7(10)5-11-8(6)12-9(14)13(2)3/h4-5H,1-3H3,(H,11,12,14). The van der Waals surface area contributed by atoms with E-state index in [1.807, 2.05) is 13.0 Å². The number of pyridine rings is 1. The van der Waals surface area contributed by atoms with Gasteiger partial charge in [0.15, 0.2) is 0 Å². The number of nitrogens with zero attached hydrogens (tertiary/aromatic N) is 2. The Kier molecular flexibility index (Phi) is 3.46. The van der Waals surface area contributed by atoms with E-state index in [1.165, 1.54) is 4.90 Å². The molecule has 1 aromatic heterocycles. The van der Waals surface area contributed by atoms with Crippen molar-refractivity contribution in [3.8, 4) is 0 Å². The van der Waals surface area contributed by atoms with Crippen LogP contribution in [0, 0.1) is 6.92 Å². The Morgan fingerprint density at radius 2 is 2.21 bits per heavy atom. The van der Waals surface area contributed by atoms with E-state index in [0.717, 1.165) is 10.0 Å². The molecule has 0 spiro atoms. The summed E-state index contributed by atoms with van der Waals surface area (Å²) in [7, 11) is 3.37. The van der Waals surface area contributed by atoms with Gasteiger partial charge in [0.25, 0.3) is 0 Å². The third kappa shape index (κ3) is 2.70. The van der Waals surface area contributed by atoms with Crippen LogP contribution in [0.4, 0.5) is 10.6 Å². The largest absolute Gasteiger partial charge is 0.331 e. The number of nitrogens with one attached hydrogen (secondary N) is 1. The zero-order valence-corrected chi connectivity index (χ0v) is 9.92. The van der Waals surface area contributed by atoms with Gasteiger partial charge in [-0.3, -0.25) is 5.32 Å². The predicted octanol–water partition coefficient (Wildman–Crippen LogP) is 2.25. The molecule has 0 saturated heterocycles. The lowest BCUT2D eigenvalue weighted by atomic mass is 10.3. The topological polar surface area (TPSA) is 45.2 Å². The molecule has 76 valence electrons. The summed E-state index contributed by atoms with van der Waals surface area (Å²) in [5.74, 6) is 0.590. The normalized spacial score (nSPS) is 9.71. The third-order valence-corrected chi connectivity index (χ3v) is 2.11. The van der Waals surface area contributed by atoms with Crippen LogP contribution in [-0.2, 0) is 0 Å². The van der Waals surface area contributed by atoms with E-state index in [1.54, 1.807) is 20.3 Å². The summed E-state index contributed by atoms with van der Waals surface area (Å²) in [5.41, 5.74) is 0.926. The van der Waals surface area contributed by atoms with Gasteiger partial charge in [-0.1, -0.05) is 0 Å². The average molecular weight is 258 g/mol. The number of amides is 2. The van der Waals surface area contributed by atoms with Crippen molar-refractivity contribution in [2.45, 2.75) is 6.92 Å². The predicted molar refractivity (Wildman–Crippen MR) is 59.4 cm³/mol. The summed E-state index contributed by atoms with van der Waals surface area (Å²) in [6, 6.07) is 1.72. The Morgan fingerprint density at radius 3 is 2.71 bits per heavy atom. The fourth-order valence-corrected chi connectivity index (χ4v) is 1.33. The highest BCUT2D eigenvalue weighted by Crippen LogP contribution is 2.16. The highest BCUT2D eigenvalue weighted by Gasteiger charge is 2.06. The first-order valence-electron chi connectivity index (χ1n) is 4.11. The van der Waals surface area contributed by atoms with Gasteiger partial charge in [0.2, 0.25) is 0 Å². The summed E-state index contributed by atoms with van der Waals surface area (Å²) < 4.78 is 0.901. The lowest BCUT2D eigenvalue weighted by molar-refractivity contribution is 0.230. The van der Waals surface area contributed by atoms with Crippen LogP contribution in [0.25, 0.3) is 0 Å². The number of aromatic nitrogens is 1. The van der Waals surface area contributed by atoms with E-state index in [4.69, 9.17) is 0 Å². The van der Waals surface area contributed by atoms with Crippen molar-refractivity contribution in [1.82, 2.24) is 9.88 Å². The molecule has 0 aliphatic rings. The van der Waals surface area contributed by atoms with Gasteiger partial charge in [0, 0.05) is 24.8 Å². The molecule has 0 saturated carbocycles. The molecule has 1 aromatic rings. The van der Waals surface area contributed by atoms with Gasteiger partial charge in [-0.25, -0.2) is 9.78 Å². The monoisotopic (exact) mass is 257 g/mol. The van der Waals surface area contributed by atoms with Gasteiger partial charge in [-0.05, 0) is 34.5 Å². The number of anilines is 1. The molecule has 0 radical (unpaired) electrons. The summed E-state index contributed by atoms with van der Waals surface area (Å²) in [4.78, 5) is 16.9. The second-order valence-corrected chi connectivity index (χ2v) is 4.06. The minimum Gasteiger partial charge on any atom is -0.331 e. The lowest BCUT2D eigenvalue weighted by Gasteiger charge is -2.12. The Morgan fingerprint density at radius 1 is 1.57 bits per heavy atom. The number of carbonyl (C=O) groups excluding carboxylic acids is 1. The molecular weight excluding hydrogens is 246 g/mol. The van der Waals surface area contributed by atoms with Crippen molar-refractivity contribution in [3.05, 3.63) is 22.3 Å². The molecule has 0 atom stereocenters. The van der Waals surface area contributed by atoms with Gasteiger partial charge in [0.1, 0.15) is 5.82 Å². The maximum atomic E-state index is 11.3. The first kappa shape index (κ1) is 11.0.